The van der Waals surface area contributed by atoms with Gasteiger partial charge < -0.3 is 14.6 Å². The molecule has 0 spiro atoms. The summed E-state index contributed by atoms with van der Waals surface area (Å²) in [6.07, 6.45) is 2.67. The van der Waals surface area contributed by atoms with Crippen molar-refractivity contribution in [3.8, 4) is 0 Å². The zero-order chi connectivity index (χ0) is 24.3. The van der Waals surface area contributed by atoms with Crippen LogP contribution in [0.15, 0.2) is 70.2 Å². The van der Waals surface area contributed by atoms with E-state index in [1.807, 2.05) is 19.1 Å². The lowest BCUT2D eigenvalue weighted by Gasteiger charge is -2.32. The second kappa shape index (κ2) is 9.72. The first-order valence-corrected chi connectivity index (χ1v) is 12.5. The van der Waals surface area contributed by atoms with Crippen molar-refractivity contribution < 1.29 is 22.4 Å². The van der Waals surface area contributed by atoms with E-state index in [2.05, 4.69) is 10.0 Å². The summed E-state index contributed by atoms with van der Waals surface area (Å²) in [5, 5.41) is 2.99. The summed E-state index contributed by atoms with van der Waals surface area (Å²) in [7, 11) is -3.85. The van der Waals surface area contributed by atoms with Crippen LogP contribution in [-0.4, -0.2) is 44.3 Å². The van der Waals surface area contributed by atoms with E-state index in [1.165, 1.54) is 18.4 Å². The maximum absolute atomic E-state index is 13.0. The van der Waals surface area contributed by atoms with Gasteiger partial charge in [0.1, 0.15) is 0 Å². The first-order valence-electron chi connectivity index (χ1n) is 11.1. The van der Waals surface area contributed by atoms with Crippen molar-refractivity contribution in [2.24, 2.45) is 0 Å². The highest BCUT2D eigenvalue weighted by Crippen LogP contribution is 2.21. The van der Waals surface area contributed by atoms with E-state index in [-0.39, 0.29) is 22.8 Å². The second-order valence-corrected chi connectivity index (χ2v) is 10.1. The molecular formula is C25H27N3O5S. The molecule has 34 heavy (non-hydrogen) atoms. The zero-order valence-corrected chi connectivity index (χ0v) is 19.9. The lowest BCUT2D eigenvalue weighted by Crippen LogP contribution is -2.46. The Balaban J connectivity index is 1.41. The Labute approximate surface area is 199 Å². The van der Waals surface area contributed by atoms with Gasteiger partial charge in [0.25, 0.3) is 21.8 Å². The van der Waals surface area contributed by atoms with Gasteiger partial charge in [0.05, 0.1) is 11.2 Å². The van der Waals surface area contributed by atoms with Gasteiger partial charge in [-0.1, -0.05) is 23.8 Å². The van der Waals surface area contributed by atoms with Crippen LogP contribution < -0.4 is 10.0 Å². The molecule has 1 saturated heterocycles. The van der Waals surface area contributed by atoms with Gasteiger partial charge in [-0.2, -0.15) is 0 Å². The van der Waals surface area contributed by atoms with Crippen molar-refractivity contribution >= 4 is 27.5 Å². The van der Waals surface area contributed by atoms with Crippen LogP contribution in [0.3, 0.4) is 0 Å². The molecule has 8 nitrogen and oxygen atoms in total. The molecule has 0 aliphatic carbocycles. The first-order chi connectivity index (χ1) is 16.2. The molecule has 2 N–H and O–H groups in total. The summed E-state index contributed by atoms with van der Waals surface area (Å²) in [4.78, 5) is 27.1. The maximum Gasteiger partial charge on any atom is 0.289 e. The third-order valence-corrected chi connectivity index (χ3v) is 7.30. The Morgan fingerprint density at radius 1 is 1.00 bits per heavy atom. The van der Waals surface area contributed by atoms with E-state index in [1.54, 1.807) is 42.2 Å². The molecule has 1 aliphatic heterocycles. The van der Waals surface area contributed by atoms with Crippen LogP contribution >= 0.6 is 0 Å². The molecule has 1 aliphatic rings. The van der Waals surface area contributed by atoms with Crippen LogP contribution in [0.2, 0.25) is 0 Å². The average molecular weight is 482 g/mol. The minimum Gasteiger partial charge on any atom is -0.459 e. The molecule has 1 fully saturated rings. The lowest BCUT2D eigenvalue weighted by atomic mass is 10.0. The van der Waals surface area contributed by atoms with Crippen molar-refractivity contribution in [1.29, 1.82) is 0 Å². The lowest BCUT2D eigenvalue weighted by molar-refractivity contribution is 0.0667. The van der Waals surface area contributed by atoms with Crippen LogP contribution in [0.4, 0.5) is 5.69 Å². The number of hydrogen-bond acceptors (Lipinski definition) is 5. The minimum absolute atomic E-state index is 0.0164. The predicted octanol–water partition coefficient (Wildman–Crippen LogP) is 3.73. The number of rotatable bonds is 6. The summed E-state index contributed by atoms with van der Waals surface area (Å²) < 4.78 is 33.5. The number of amides is 2. The molecule has 9 heteroatoms. The third kappa shape index (κ3) is 5.31. The average Bonchev–Trinajstić information content (AvgIpc) is 3.35. The minimum atomic E-state index is -3.85. The topological polar surface area (TPSA) is 109 Å². The molecule has 0 atom stereocenters. The van der Waals surface area contributed by atoms with E-state index >= 15 is 0 Å². The summed E-state index contributed by atoms with van der Waals surface area (Å²) in [6, 6.07) is 14.7. The normalized spacial score (nSPS) is 14.6. The molecule has 3 aromatic rings. The van der Waals surface area contributed by atoms with Gasteiger partial charge in [-0.25, -0.2) is 8.42 Å². The van der Waals surface area contributed by atoms with Gasteiger partial charge in [0.2, 0.25) is 0 Å². The van der Waals surface area contributed by atoms with Gasteiger partial charge in [-0.3, -0.25) is 14.3 Å². The fourth-order valence-electron chi connectivity index (χ4n) is 3.89. The van der Waals surface area contributed by atoms with Gasteiger partial charge >= 0.3 is 0 Å². The highest BCUT2D eigenvalue weighted by atomic mass is 32.2. The largest absolute Gasteiger partial charge is 0.459 e. The number of nitrogens with zero attached hydrogens (tertiary/aromatic N) is 1. The van der Waals surface area contributed by atoms with E-state index in [4.69, 9.17) is 4.42 Å². The van der Waals surface area contributed by atoms with Crippen LogP contribution in [0, 0.1) is 13.8 Å². The van der Waals surface area contributed by atoms with E-state index in [0.717, 1.165) is 5.56 Å². The van der Waals surface area contributed by atoms with Crippen LogP contribution in [-0.2, 0) is 10.0 Å². The monoisotopic (exact) mass is 481 g/mol. The number of carbonyl (C=O) groups excluding carboxylic acids is 2. The zero-order valence-electron chi connectivity index (χ0n) is 19.1. The van der Waals surface area contributed by atoms with Crippen molar-refractivity contribution in [2.75, 3.05) is 17.8 Å². The Bertz CT molecular complexity index is 1280. The molecule has 2 aromatic carbocycles. The Morgan fingerprint density at radius 2 is 1.71 bits per heavy atom. The summed E-state index contributed by atoms with van der Waals surface area (Å²) in [6.45, 7) is 4.68. The van der Waals surface area contributed by atoms with Crippen molar-refractivity contribution in [3.63, 3.8) is 0 Å². The van der Waals surface area contributed by atoms with Gasteiger partial charge in [-0.05, 0) is 68.7 Å². The molecule has 0 radical (unpaired) electrons. The highest BCUT2D eigenvalue weighted by Gasteiger charge is 2.27. The number of hydrogen-bond donors (Lipinski definition) is 2. The summed E-state index contributed by atoms with van der Waals surface area (Å²) in [5.41, 5.74) is 2.46. The van der Waals surface area contributed by atoms with E-state index in [0.29, 0.717) is 48.5 Å². The molecule has 2 amide bonds. The number of anilines is 1. The van der Waals surface area contributed by atoms with Crippen LogP contribution in [0.5, 0.6) is 0 Å². The molecule has 178 valence electrons. The molecular weight excluding hydrogens is 454 g/mol. The number of nitrogens with one attached hydrogen (secondary N) is 2. The van der Waals surface area contributed by atoms with Gasteiger partial charge in [0, 0.05) is 30.4 Å². The van der Waals surface area contributed by atoms with Gasteiger partial charge in [-0.15, -0.1) is 0 Å². The number of furan rings is 1. The number of benzene rings is 2. The van der Waals surface area contributed by atoms with Crippen molar-refractivity contribution in [2.45, 2.75) is 37.6 Å². The smallest absolute Gasteiger partial charge is 0.289 e. The third-order valence-electron chi connectivity index (χ3n) is 5.92. The predicted molar refractivity (Wildman–Crippen MR) is 128 cm³/mol. The molecule has 0 saturated carbocycles. The number of aryl methyl sites for hydroxylation is 2. The molecule has 1 aromatic heterocycles. The fraction of sp³-hybridized carbons (Fsp3) is 0.280. The summed E-state index contributed by atoms with van der Waals surface area (Å²) >= 11 is 0. The number of sulfonamides is 1. The fourth-order valence-corrected chi connectivity index (χ4v) is 4.98. The second-order valence-electron chi connectivity index (χ2n) is 8.47. The quantitative estimate of drug-likeness (QED) is 0.558. The first kappa shape index (κ1) is 23.6. The number of likely N-dealkylation sites (tertiary alicyclic amines) is 1. The standard InChI is InChI=1S/C25H27N3O5S/c1-17-5-8-20(9-6-17)27-34(31,32)21-10-7-18(2)22(16-21)24(29)26-19-11-13-28(14-12-19)25(30)23-4-3-15-33-23/h3-10,15-16,19,27H,11-14H2,1-2H3,(H,26,29). The Kier molecular flexibility index (Phi) is 6.74. The van der Waals surface area contributed by atoms with Crippen molar-refractivity contribution in [3.05, 3.63) is 83.3 Å². The molecule has 0 bridgehead atoms. The SMILES string of the molecule is Cc1ccc(NS(=O)(=O)c2ccc(C)c(C(=O)NC3CCN(C(=O)c4ccco4)CC3)c2)cc1. The maximum atomic E-state index is 13.0. The molecule has 0 unspecified atom stereocenters. The Morgan fingerprint density at radius 3 is 2.35 bits per heavy atom. The number of piperidine rings is 1. The highest BCUT2D eigenvalue weighted by molar-refractivity contribution is 7.92. The van der Waals surface area contributed by atoms with Crippen molar-refractivity contribution in [1.82, 2.24) is 10.2 Å². The van der Waals surface area contributed by atoms with Gasteiger partial charge in [0.15, 0.2) is 5.76 Å². The Hall–Kier alpha value is -3.59. The molecule has 2 heterocycles. The summed E-state index contributed by atoms with van der Waals surface area (Å²) in [5.74, 6) is -0.194. The van der Waals surface area contributed by atoms with Crippen LogP contribution in [0.1, 0.15) is 44.9 Å². The molecule has 4 rings (SSSR count). The van der Waals surface area contributed by atoms with Crippen LogP contribution in [0.25, 0.3) is 0 Å². The van der Waals surface area contributed by atoms with E-state index in [9.17, 15) is 18.0 Å². The van der Waals surface area contributed by atoms with E-state index < -0.39 is 10.0 Å². The number of carbonyl (C=O) groups is 2.